The van der Waals surface area contributed by atoms with E-state index in [-0.39, 0.29) is 16.9 Å². The molecule has 0 atom stereocenters. The number of rotatable bonds is 5. The fourth-order valence-electron chi connectivity index (χ4n) is 1.45. The first-order chi connectivity index (χ1) is 8.41. The minimum Gasteiger partial charge on any atom is -0.364 e. The molecule has 0 saturated carbocycles. The van der Waals surface area contributed by atoms with Crippen LogP contribution in [-0.2, 0) is 0 Å². The molecule has 0 aliphatic rings. The summed E-state index contributed by atoms with van der Waals surface area (Å²) in [6, 6.07) is 1.86. The van der Waals surface area contributed by atoms with Gasteiger partial charge in [-0.1, -0.05) is 0 Å². The summed E-state index contributed by atoms with van der Waals surface area (Å²) in [4.78, 5) is 28.4. The first-order valence-corrected chi connectivity index (χ1v) is 6.09. The van der Waals surface area contributed by atoms with Crippen molar-refractivity contribution in [3.05, 3.63) is 33.7 Å². The highest BCUT2D eigenvalue weighted by molar-refractivity contribution is 5.93. The maximum Gasteiger partial charge on any atom is 0.256 e. The molecule has 0 saturated heterocycles. The van der Waals surface area contributed by atoms with E-state index in [0.29, 0.717) is 12.6 Å². The zero-order chi connectivity index (χ0) is 13.7. The van der Waals surface area contributed by atoms with E-state index >= 15 is 0 Å². The van der Waals surface area contributed by atoms with Crippen molar-refractivity contribution in [1.82, 2.24) is 15.2 Å². The van der Waals surface area contributed by atoms with Gasteiger partial charge in [0.2, 0.25) is 0 Å². The van der Waals surface area contributed by atoms with Crippen molar-refractivity contribution in [1.29, 1.82) is 0 Å². The number of carbonyl (C=O) groups is 1. The van der Waals surface area contributed by atoms with E-state index in [1.807, 2.05) is 7.05 Å². The van der Waals surface area contributed by atoms with Gasteiger partial charge >= 0.3 is 0 Å². The number of nitrogens with zero attached hydrogens (tertiary/aromatic N) is 1. The van der Waals surface area contributed by atoms with Gasteiger partial charge in [-0.05, 0) is 27.8 Å². The molecule has 100 valence electrons. The lowest BCUT2D eigenvalue weighted by atomic mass is 10.2. The maximum absolute atomic E-state index is 11.8. The molecule has 1 amide bonds. The van der Waals surface area contributed by atoms with Gasteiger partial charge in [-0.25, -0.2) is 0 Å². The Bertz CT molecular complexity index is 466. The van der Waals surface area contributed by atoms with Gasteiger partial charge in [-0.15, -0.1) is 0 Å². The van der Waals surface area contributed by atoms with Gasteiger partial charge < -0.3 is 15.2 Å². The van der Waals surface area contributed by atoms with Crippen LogP contribution >= 0.6 is 0 Å². The third kappa shape index (κ3) is 4.00. The van der Waals surface area contributed by atoms with E-state index < -0.39 is 0 Å². The van der Waals surface area contributed by atoms with Crippen molar-refractivity contribution in [2.24, 2.45) is 0 Å². The number of aromatic nitrogens is 1. The summed E-state index contributed by atoms with van der Waals surface area (Å²) in [5.41, 5.74) is 0.657. The van der Waals surface area contributed by atoms with Crippen LogP contribution in [-0.4, -0.2) is 42.0 Å². The predicted molar refractivity (Wildman–Crippen MR) is 71.9 cm³/mol. The second kappa shape index (κ2) is 6.35. The monoisotopic (exact) mass is 251 g/mol. The number of carbonyl (C=O) groups excluding carboxylic acids is 1. The summed E-state index contributed by atoms with van der Waals surface area (Å²) < 4.78 is 0. The maximum atomic E-state index is 11.8. The van der Waals surface area contributed by atoms with E-state index in [4.69, 9.17) is 0 Å². The highest BCUT2D eigenvalue weighted by atomic mass is 16.2. The molecule has 0 aromatic carbocycles. The third-order valence-electron chi connectivity index (χ3n) is 2.93. The first kappa shape index (κ1) is 14.4. The van der Waals surface area contributed by atoms with Crippen molar-refractivity contribution in [2.75, 3.05) is 20.1 Å². The summed E-state index contributed by atoms with van der Waals surface area (Å²) in [7, 11) is 2.00. The molecule has 1 aromatic rings. The highest BCUT2D eigenvalue weighted by Crippen LogP contribution is 1.93. The Kier molecular flexibility index (Phi) is 5.09. The minimum atomic E-state index is -0.326. The van der Waals surface area contributed by atoms with Crippen molar-refractivity contribution in [3.8, 4) is 0 Å². The number of pyridine rings is 1. The molecule has 5 heteroatoms. The molecule has 0 aliphatic heterocycles. The molecule has 0 fully saturated rings. The Balaban J connectivity index is 2.53. The molecule has 5 nitrogen and oxygen atoms in total. The third-order valence-corrected chi connectivity index (χ3v) is 2.93. The van der Waals surface area contributed by atoms with Crippen LogP contribution in [0.2, 0.25) is 0 Å². The van der Waals surface area contributed by atoms with Gasteiger partial charge in [0, 0.05) is 37.1 Å². The number of hydrogen-bond donors (Lipinski definition) is 2. The predicted octanol–water partition coefficient (Wildman–Crippen LogP) is 0.753. The van der Waals surface area contributed by atoms with E-state index in [2.05, 4.69) is 29.0 Å². The first-order valence-electron chi connectivity index (χ1n) is 6.09. The fraction of sp³-hybridized carbons (Fsp3) is 0.538. The summed E-state index contributed by atoms with van der Waals surface area (Å²) in [6.45, 7) is 7.24. The molecule has 1 rings (SSSR count). The van der Waals surface area contributed by atoms with Crippen LogP contribution < -0.4 is 10.7 Å². The van der Waals surface area contributed by atoms with Gasteiger partial charge in [0.15, 0.2) is 5.43 Å². The summed E-state index contributed by atoms with van der Waals surface area (Å²) in [5.74, 6) is -0.326. The average molecular weight is 251 g/mol. The number of hydrogen-bond acceptors (Lipinski definition) is 3. The quantitative estimate of drug-likeness (QED) is 0.811. The second-order valence-electron chi connectivity index (χ2n) is 4.72. The topological polar surface area (TPSA) is 65.2 Å². The largest absolute Gasteiger partial charge is 0.364 e. The number of aryl methyl sites for hydroxylation is 1. The smallest absolute Gasteiger partial charge is 0.256 e. The van der Waals surface area contributed by atoms with Crippen LogP contribution in [0.25, 0.3) is 0 Å². The van der Waals surface area contributed by atoms with Gasteiger partial charge in [-0.2, -0.15) is 0 Å². The Morgan fingerprint density at radius 1 is 1.50 bits per heavy atom. The lowest BCUT2D eigenvalue weighted by molar-refractivity contribution is 0.0946. The van der Waals surface area contributed by atoms with Gasteiger partial charge in [-0.3, -0.25) is 9.59 Å². The number of amides is 1. The number of H-pyrrole nitrogens is 1. The lowest BCUT2D eigenvalue weighted by Crippen LogP contribution is -2.37. The Morgan fingerprint density at radius 2 is 2.17 bits per heavy atom. The van der Waals surface area contributed by atoms with Crippen molar-refractivity contribution in [3.63, 3.8) is 0 Å². The zero-order valence-corrected chi connectivity index (χ0v) is 11.4. The summed E-state index contributed by atoms with van der Waals surface area (Å²) in [6.07, 6.45) is 1.46. The minimum absolute atomic E-state index is 0.160. The normalized spacial score (nSPS) is 11.0. The molecule has 0 aliphatic carbocycles. The molecule has 0 radical (unpaired) electrons. The highest BCUT2D eigenvalue weighted by Gasteiger charge is 2.10. The molecule has 18 heavy (non-hydrogen) atoms. The number of aromatic amines is 1. The number of likely N-dealkylation sites (N-methyl/N-ethyl adjacent to an activating group) is 1. The number of nitrogens with one attached hydrogen (secondary N) is 2. The molecule has 1 aromatic heterocycles. The molecule has 0 unspecified atom stereocenters. The van der Waals surface area contributed by atoms with Crippen LogP contribution in [0.5, 0.6) is 0 Å². The van der Waals surface area contributed by atoms with Crippen LogP contribution in [0, 0.1) is 6.92 Å². The van der Waals surface area contributed by atoms with Crippen molar-refractivity contribution in [2.45, 2.75) is 26.8 Å². The van der Waals surface area contributed by atoms with Crippen LogP contribution in [0.1, 0.15) is 29.9 Å². The van der Waals surface area contributed by atoms with Crippen molar-refractivity contribution < 1.29 is 4.79 Å². The van der Waals surface area contributed by atoms with E-state index in [9.17, 15) is 9.59 Å². The Labute approximate surface area is 107 Å². The van der Waals surface area contributed by atoms with Gasteiger partial charge in [0.1, 0.15) is 5.56 Å². The van der Waals surface area contributed by atoms with E-state index in [1.54, 1.807) is 6.92 Å². The molecular formula is C13H21N3O2. The Hall–Kier alpha value is -1.62. The average Bonchev–Trinajstić information content (AvgIpc) is 2.28. The summed E-state index contributed by atoms with van der Waals surface area (Å²) in [5, 5.41) is 2.74. The van der Waals surface area contributed by atoms with Gasteiger partial charge in [0.25, 0.3) is 5.91 Å². The van der Waals surface area contributed by atoms with E-state index in [1.165, 1.54) is 12.3 Å². The molecule has 0 bridgehead atoms. The Morgan fingerprint density at radius 3 is 2.72 bits per heavy atom. The van der Waals surface area contributed by atoms with Crippen LogP contribution in [0.3, 0.4) is 0 Å². The second-order valence-corrected chi connectivity index (χ2v) is 4.72. The van der Waals surface area contributed by atoms with Crippen molar-refractivity contribution >= 4 is 5.91 Å². The molecule has 2 N–H and O–H groups in total. The fourth-order valence-corrected chi connectivity index (χ4v) is 1.45. The molecular weight excluding hydrogens is 230 g/mol. The molecule has 1 heterocycles. The molecule has 0 spiro atoms. The van der Waals surface area contributed by atoms with Gasteiger partial charge in [0.05, 0.1) is 0 Å². The zero-order valence-electron chi connectivity index (χ0n) is 11.4. The van der Waals surface area contributed by atoms with Crippen LogP contribution in [0.15, 0.2) is 17.1 Å². The van der Waals surface area contributed by atoms with Crippen LogP contribution in [0.4, 0.5) is 0 Å². The lowest BCUT2D eigenvalue weighted by Gasteiger charge is -2.20. The standard InChI is InChI=1S/C13H21N3O2/c1-9(2)16(4)6-5-14-13(18)11-8-15-10(3)7-12(11)17/h7-9H,5-6H2,1-4H3,(H,14,18)(H,15,17). The SMILES string of the molecule is Cc1cc(=O)c(C(=O)NCCN(C)C(C)C)c[nH]1. The van der Waals surface area contributed by atoms with E-state index in [0.717, 1.165) is 12.2 Å². The summed E-state index contributed by atoms with van der Waals surface area (Å²) >= 11 is 0.